The topological polar surface area (TPSA) is 560 Å². The molecular weight excluding hydrogens is 1520 g/mol. The number of amides is 2. The molecule has 0 fully saturated rings. The SMILES string of the molecule is CNCCCN(CCCN)CCCOC(C(=O)NC(COCCCN(CCCN)CCCN)(COCCCN(CCCN)CCCN)OCCCN(CCCN)CCCN)C(OCCCN(CCCN)CCCN)C(=O)NC(COCCCN(CCCN)CCCN)(COCCCN(CCCN)CCCN)OCCCN(CCCN)CCCN. The van der Waals surface area contributed by atoms with Crippen LogP contribution in [0.3, 0.4) is 0 Å². The maximum absolute atomic E-state index is 16.7. The van der Waals surface area contributed by atoms with Crippen molar-refractivity contribution in [1.29, 1.82) is 0 Å². The molecule has 0 aliphatic rings. The molecule has 36 heteroatoms. The largest absolute Gasteiger partial charge is 0.376 e. The third-order valence-electron chi connectivity index (χ3n) is 20.8. The number of rotatable bonds is 98. The van der Waals surface area contributed by atoms with Gasteiger partial charge in [-0.1, -0.05) is 0 Å². The van der Waals surface area contributed by atoms with E-state index in [0.717, 1.165) is 240 Å². The molecule has 0 aromatic rings. The zero-order chi connectivity index (χ0) is 87.4. The van der Waals surface area contributed by atoms with Gasteiger partial charge in [-0.2, -0.15) is 0 Å². The molecule has 36 nitrogen and oxygen atoms in total. The summed E-state index contributed by atoms with van der Waals surface area (Å²) in [5, 5.41) is 10.1. The summed E-state index contributed by atoms with van der Waals surface area (Å²) in [5.41, 5.74) is 87.7. The molecule has 0 heterocycles. The van der Waals surface area contributed by atoms with E-state index in [2.05, 4.69) is 55.1 Å². The van der Waals surface area contributed by atoms with Crippen LogP contribution < -0.4 is 102 Å². The quantitative estimate of drug-likeness (QED) is 0.0211. The van der Waals surface area contributed by atoms with Crippen LogP contribution in [0, 0.1) is 0 Å². The first-order chi connectivity index (χ1) is 58.2. The highest BCUT2D eigenvalue weighted by atomic mass is 16.6. The van der Waals surface area contributed by atoms with Gasteiger partial charge in [0.25, 0.3) is 11.8 Å². The number of hydrogen-bond acceptors (Lipinski definition) is 34. The van der Waals surface area contributed by atoms with Gasteiger partial charge in [-0.05, 0) is 371 Å². The lowest BCUT2D eigenvalue weighted by Gasteiger charge is -2.38. The lowest BCUT2D eigenvalue weighted by Crippen LogP contribution is -2.65. The van der Waals surface area contributed by atoms with E-state index >= 15 is 9.59 Å². The summed E-state index contributed by atoms with van der Waals surface area (Å²) in [6, 6.07) is 0. The van der Waals surface area contributed by atoms with Crippen LogP contribution in [0.2, 0.25) is 0 Å². The molecule has 119 heavy (non-hydrogen) atoms. The van der Waals surface area contributed by atoms with Crippen LogP contribution in [0.1, 0.15) is 154 Å². The number of hydrogen-bond donors (Lipinski definition) is 18. The van der Waals surface area contributed by atoms with Crippen LogP contribution in [0.4, 0.5) is 0 Å². The monoisotopic (exact) mass is 1710 g/mol. The van der Waals surface area contributed by atoms with E-state index < -0.39 is 35.5 Å². The van der Waals surface area contributed by atoms with Crippen LogP contribution >= 0.6 is 0 Å². The smallest absolute Gasteiger partial charge is 0.254 e. The van der Waals surface area contributed by atoms with Crippen molar-refractivity contribution in [1.82, 2.24) is 55.1 Å². The second-order valence-corrected chi connectivity index (χ2v) is 31.6. The third kappa shape index (κ3) is 65.8. The molecule has 0 aliphatic heterocycles. The normalized spacial score (nSPS) is 13.0. The number of ether oxygens (including phenoxy) is 8. The van der Waals surface area contributed by atoms with Crippen molar-refractivity contribution < 1.29 is 47.5 Å². The van der Waals surface area contributed by atoms with Gasteiger partial charge >= 0.3 is 0 Å². The van der Waals surface area contributed by atoms with E-state index in [1.807, 2.05) is 7.05 Å². The molecule has 2 atom stereocenters. The van der Waals surface area contributed by atoms with E-state index in [-0.39, 0.29) is 52.9 Å². The Labute approximate surface area is 723 Å². The van der Waals surface area contributed by atoms with E-state index in [0.29, 0.717) is 202 Å². The molecule has 712 valence electrons. The van der Waals surface area contributed by atoms with Gasteiger partial charge in [-0.25, -0.2) is 0 Å². The average molecular weight is 1710 g/mol. The molecule has 0 spiro atoms. The zero-order valence-corrected chi connectivity index (χ0v) is 75.7. The Morgan fingerprint density at radius 3 is 0.571 bits per heavy atom. The lowest BCUT2D eigenvalue weighted by molar-refractivity contribution is -0.186. The number of nitrogens with zero attached hydrogens (tertiary/aromatic N) is 8. The minimum atomic E-state index is -1.65. The van der Waals surface area contributed by atoms with Gasteiger partial charge in [0.2, 0.25) is 0 Å². The highest BCUT2D eigenvalue weighted by Gasteiger charge is 2.45. The molecule has 33 N–H and O–H groups in total. The molecule has 0 saturated heterocycles. The molecule has 0 saturated carbocycles. The Balaban J connectivity index is 9.27. The van der Waals surface area contributed by atoms with Crippen molar-refractivity contribution in [2.45, 2.75) is 178 Å². The molecular formula is C83H190N26O10. The summed E-state index contributed by atoms with van der Waals surface area (Å²) >= 11 is 0. The highest BCUT2D eigenvalue weighted by Crippen LogP contribution is 2.21. The van der Waals surface area contributed by atoms with Gasteiger partial charge < -0.3 is 179 Å². The molecule has 0 aromatic heterocycles. The van der Waals surface area contributed by atoms with E-state index in [1.165, 1.54) is 0 Å². The van der Waals surface area contributed by atoms with Crippen LogP contribution in [0.5, 0.6) is 0 Å². The van der Waals surface area contributed by atoms with Crippen LogP contribution in [-0.4, -0.2) is 423 Å². The van der Waals surface area contributed by atoms with Gasteiger partial charge in [0.1, 0.15) is 0 Å². The van der Waals surface area contributed by atoms with Crippen LogP contribution in [-0.2, 0) is 47.5 Å². The standard InChI is InChI=1S/C83H190N26O10/c1-99-41-17-57-109(56-16-40-98)63-23-71-117-79(81(111)101-83(119-73-25-65-108(54-14-38-96)55-15-39-97,76-114-68-20-60-104(46-6-30-88)47-7-31-89)77-115-69-21-61-105(48-8-32-90)49-9-33-91)78(116-70-22-62-106(50-10-34-92)51-11-35-93)80(110)100-82(118-72-24-64-107(52-12-36-94)53-13-37-95,74-112-66-18-58-102(42-2-26-84)43-3-27-85)75-113-67-19-59-103(44-4-28-86)45-5-29-87/h78-79,99H,2-77,84-98H2,1H3,(H,100,110)(H,101,111). The first-order valence-corrected chi connectivity index (χ1v) is 46.6. The van der Waals surface area contributed by atoms with Crippen LogP contribution in [0.15, 0.2) is 0 Å². The Hall–Kier alpha value is -2.34. The fourth-order valence-electron chi connectivity index (χ4n) is 14.2. The number of carbonyl (C=O) groups excluding carboxylic acids is 2. The van der Waals surface area contributed by atoms with E-state index in [4.69, 9.17) is 124 Å². The molecule has 0 radical (unpaired) electrons. The molecule has 0 bridgehead atoms. The number of carbonyl (C=O) groups is 2. The van der Waals surface area contributed by atoms with Crippen LogP contribution in [0.25, 0.3) is 0 Å². The summed E-state index contributed by atoms with van der Waals surface area (Å²) in [7, 11) is 1.95. The third-order valence-corrected chi connectivity index (χ3v) is 20.8. The fraction of sp³-hybridized carbons (Fsp3) is 0.976. The highest BCUT2D eigenvalue weighted by molar-refractivity contribution is 5.91. The van der Waals surface area contributed by atoms with Gasteiger partial charge in [-0.15, -0.1) is 0 Å². The minimum Gasteiger partial charge on any atom is -0.376 e. The van der Waals surface area contributed by atoms with Crippen molar-refractivity contribution in [3.05, 3.63) is 0 Å². The average Bonchev–Trinajstić information content (AvgIpc) is 0.813. The molecule has 2 amide bonds. The van der Waals surface area contributed by atoms with Crippen molar-refractivity contribution in [3.63, 3.8) is 0 Å². The molecule has 2 unspecified atom stereocenters. The molecule has 0 rings (SSSR count). The minimum absolute atomic E-state index is 0.0447. The second-order valence-electron chi connectivity index (χ2n) is 31.6. The van der Waals surface area contributed by atoms with Gasteiger partial charge in [-0.3, -0.25) is 9.59 Å². The maximum atomic E-state index is 16.7. The predicted octanol–water partition coefficient (Wildman–Crippen LogP) is -3.14. The number of nitrogens with one attached hydrogen (secondary N) is 3. The summed E-state index contributed by atoms with van der Waals surface area (Å²) in [5.74, 6) is -1.35. The van der Waals surface area contributed by atoms with Gasteiger partial charge in [0, 0.05) is 92.0 Å². The summed E-state index contributed by atoms with van der Waals surface area (Å²) in [6.07, 6.45) is 14.8. The van der Waals surface area contributed by atoms with Crippen molar-refractivity contribution in [3.8, 4) is 0 Å². The van der Waals surface area contributed by atoms with E-state index in [1.54, 1.807) is 0 Å². The maximum Gasteiger partial charge on any atom is 0.254 e. The van der Waals surface area contributed by atoms with Crippen molar-refractivity contribution >= 4 is 11.8 Å². The number of nitrogens with two attached hydrogens (primary N) is 15. The second kappa shape index (κ2) is 86.4. The van der Waals surface area contributed by atoms with Crippen molar-refractivity contribution in [2.24, 2.45) is 86.0 Å². The summed E-state index contributed by atoms with van der Waals surface area (Å²) < 4.78 is 55.8. The Kier molecular flexibility index (Phi) is 84.7. The molecule has 0 aromatic carbocycles. The predicted molar refractivity (Wildman–Crippen MR) is 488 cm³/mol. The lowest BCUT2D eigenvalue weighted by atomic mass is 10.1. The first-order valence-electron chi connectivity index (χ1n) is 46.6. The Morgan fingerprint density at radius 1 is 0.235 bits per heavy atom. The molecule has 0 aliphatic carbocycles. The van der Waals surface area contributed by atoms with E-state index in [9.17, 15) is 0 Å². The van der Waals surface area contributed by atoms with Gasteiger partial charge in [0.05, 0.1) is 39.6 Å². The summed E-state index contributed by atoms with van der Waals surface area (Å²) in [4.78, 5) is 52.3. The van der Waals surface area contributed by atoms with Crippen molar-refractivity contribution in [2.75, 3.05) is 348 Å². The summed E-state index contributed by atoms with van der Waals surface area (Å²) in [6.45, 7) is 28.7. The first kappa shape index (κ1) is 117. The fourth-order valence-corrected chi connectivity index (χ4v) is 14.2. The zero-order valence-electron chi connectivity index (χ0n) is 75.7. The Bertz CT molecular complexity index is 2020. The van der Waals surface area contributed by atoms with Gasteiger partial charge in [0.15, 0.2) is 23.7 Å². The Morgan fingerprint density at radius 2 is 0.395 bits per heavy atom.